The molecule has 1 heterocycles. The number of hydrogen-bond donors (Lipinski definition) is 2. The van der Waals surface area contributed by atoms with Crippen LogP contribution in [-0.4, -0.2) is 60.4 Å². The van der Waals surface area contributed by atoms with Crippen molar-refractivity contribution < 1.29 is 28.2 Å². The van der Waals surface area contributed by atoms with Gasteiger partial charge in [-0.15, -0.1) is 0 Å². The molecule has 0 amide bonds. The topological polar surface area (TPSA) is 135 Å². The zero-order valence-electron chi connectivity index (χ0n) is 25.1. The lowest BCUT2D eigenvalue weighted by Crippen LogP contribution is -2.32. The van der Waals surface area contributed by atoms with Crippen LogP contribution in [0.5, 0.6) is 0 Å². The van der Waals surface area contributed by atoms with Gasteiger partial charge in [0.25, 0.3) is 0 Å². The van der Waals surface area contributed by atoms with Crippen LogP contribution in [0.15, 0.2) is 17.1 Å². The first-order valence-corrected chi connectivity index (χ1v) is 17.1. The van der Waals surface area contributed by atoms with Gasteiger partial charge in [-0.3, -0.25) is 9.13 Å². The molecule has 0 saturated carbocycles. The molecule has 0 bridgehead atoms. The lowest BCUT2D eigenvalue weighted by atomic mass is 10.0. The van der Waals surface area contributed by atoms with Crippen molar-refractivity contribution in [3.63, 3.8) is 0 Å². The fraction of sp³-hybridized carbons (Fsp3) is 0.862. The van der Waals surface area contributed by atoms with E-state index in [0.29, 0.717) is 6.61 Å². The van der Waals surface area contributed by atoms with Crippen LogP contribution in [0.3, 0.4) is 0 Å². The molecule has 1 rings (SSSR count). The Morgan fingerprint density at radius 3 is 1.98 bits per heavy atom. The standard InChI is InChI=1S/C29H56N3O7P/c1-3-4-5-6-7-8-9-10-11-12-13-14-15-16-17-18-21-37-22-23-39-40(34,35)26-38-27(25-36-2)24-32-20-19-28(30)31-29(32)33/h19-20,27H,3-18,21-26H2,1-2H3,(H,34,35)(H2,30,31,33)/t27-/m1/s1. The predicted molar refractivity (Wildman–Crippen MR) is 161 cm³/mol. The van der Waals surface area contributed by atoms with E-state index in [1.54, 1.807) is 0 Å². The number of unbranched alkanes of at least 4 members (excludes halogenated alkanes) is 15. The van der Waals surface area contributed by atoms with Gasteiger partial charge in [0.05, 0.1) is 32.5 Å². The number of anilines is 1. The molecule has 10 nitrogen and oxygen atoms in total. The normalized spacial score (nSPS) is 13.9. The number of ether oxygens (including phenoxy) is 3. The van der Waals surface area contributed by atoms with E-state index < -0.39 is 25.7 Å². The molecule has 1 aromatic heterocycles. The average molecular weight is 590 g/mol. The molecule has 0 aliphatic heterocycles. The molecular weight excluding hydrogens is 533 g/mol. The molecule has 0 radical (unpaired) electrons. The Hall–Kier alpha value is -1.29. The first-order valence-electron chi connectivity index (χ1n) is 15.4. The van der Waals surface area contributed by atoms with Gasteiger partial charge in [0.15, 0.2) is 0 Å². The highest BCUT2D eigenvalue weighted by Crippen LogP contribution is 2.41. The van der Waals surface area contributed by atoms with Gasteiger partial charge in [0.2, 0.25) is 0 Å². The van der Waals surface area contributed by atoms with Crippen LogP contribution in [-0.2, 0) is 29.8 Å². The first-order chi connectivity index (χ1) is 19.4. The minimum Gasteiger partial charge on any atom is -0.383 e. The summed E-state index contributed by atoms with van der Waals surface area (Å²) < 4.78 is 34.8. The largest absolute Gasteiger partial charge is 0.383 e. The fourth-order valence-corrected chi connectivity index (χ4v) is 5.30. The van der Waals surface area contributed by atoms with Crippen molar-refractivity contribution in [2.24, 2.45) is 0 Å². The van der Waals surface area contributed by atoms with Gasteiger partial charge >= 0.3 is 13.3 Å². The Bertz CT molecular complexity index is 840. The number of nitrogens with zero attached hydrogens (tertiary/aromatic N) is 2. The summed E-state index contributed by atoms with van der Waals surface area (Å²) in [4.78, 5) is 25.6. The monoisotopic (exact) mass is 589 g/mol. The van der Waals surface area contributed by atoms with Crippen molar-refractivity contribution >= 4 is 13.4 Å². The number of nitrogens with two attached hydrogens (primary N) is 1. The van der Waals surface area contributed by atoms with E-state index in [4.69, 9.17) is 24.5 Å². The highest BCUT2D eigenvalue weighted by atomic mass is 31.2. The van der Waals surface area contributed by atoms with E-state index in [2.05, 4.69) is 11.9 Å². The summed E-state index contributed by atoms with van der Waals surface area (Å²) in [6.45, 7) is 3.36. The SMILES string of the molecule is CCCCCCCCCCCCCCCCCCOCCOP(=O)(O)CO[C@@H](COC)Cn1ccc(N)nc1=O. The molecule has 11 heteroatoms. The van der Waals surface area contributed by atoms with Crippen molar-refractivity contribution in [2.45, 2.75) is 122 Å². The Balaban J connectivity index is 1.97. The lowest BCUT2D eigenvalue weighted by molar-refractivity contribution is 0.0000723. The second-order valence-electron chi connectivity index (χ2n) is 10.5. The molecule has 1 unspecified atom stereocenters. The number of methoxy groups -OCH3 is 1. The molecule has 3 N–H and O–H groups in total. The van der Waals surface area contributed by atoms with Gasteiger partial charge in [-0.1, -0.05) is 103 Å². The first kappa shape index (κ1) is 36.7. The molecule has 2 atom stereocenters. The predicted octanol–water partition coefficient (Wildman–Crippen LogP) is 6.29. The average Bonchev–Trinajstić information content (AvgIpc) is 2.92. The molecule has 1 aromatic rings. The minimum atomic E-state index is -3.97. The van der Waals surface area contributed by atoms with Crippen LogP contribution >= 0.6 is 7.60 Å². The summed E-state index contributed by atoms with van der Waals surface area (Å²) in [6, 6.07) is 1.49. The fourth-order valence-electron chi connectivity index (χ4n) is 4.47. The maximum absolute atomic E-state index is 12.3. The summed E-state index contributed by atoms with van der Waals surface area (Å²) in [5.41, 5.74) is 4.97. The van der Waals surface area contributed by atoms with Crippen molar-refractivity contribution in [3.05, 3.63) is 22.7 Å². The maximum Gasteiger partial charge on any atom is 0.353 e. The second kappa shape index (κ2) is 24.3. The zero-order chi connectivity index (χ0) is 29.3. The van der Waals surface area contributed by atoms with E-state index in [-0.39, 0.29) is 32.2 Å². The summed E-state index contributed by atoms with van der Waals surface area (Å²) in [7, 11) is -2.49. The van der Waals surface area contributed by atoms with Crippen molar-refractivity contribution in [1.82, 2.24) is 9.55 Å². The second-order valence-corrected chi connectivity index (χ2v) is 12.3. The van der Waals surface area contributed by atoms with Crippen LogP contribution in [0.25, 0.3) is 0 Å². The molecule has 234 valence electrons. The van der Waals surface area contributed by atoms with E-state index in [0.717, 1.165) is 12.8 Å². The Morgan fingerprint density at radius 1 is 0.900 bits per heavy atom. The summed E-state index contributed by atoms with van der Waals surface area (Å²) in [5.74, 6) is 0.121. The third-order valence-electron chi connectivity index (χ3n) is 6.78. The van der Waals surface area contributed by atoms with Gasteiger partial charge in [-0.2, -0.15) is 4.98 Å². The van der Waals surface area contributed by atoms with Crippen LogP contribution in [0.2, 0.25) is 0 Å². The third-order valence-corrected chi connectivity index (χ3v) is 7.85. The smallest absolute Gasteiger partial charge is 0.353 e. The molecular formula is C29H56N3O7P. The van der Waals surface area contributed by atoms with E-state index in [1.807, 2.05) is 0 Å². The van der Waals surface area contributed by atoms with Crippen molar-refractivity contribution in [3.8, 4) is 0 Å². The molecule has 0 aliphatic carbocycles. The van der Waals surface area contributed by atoms with Gasteiger partial charge in [-0.25, -0.2) is 4.79 Å². The molecule has 0 aromatic carbocycles. The van der Waals surface area contributed by atoms with Crippen LogP contribution < -0.4 is 11.4 Å². The summed E-state index contributed by atoms with van der Waals surface area (Å²) in [6.07, 6.45) is 21.6. The van der Waals surface area contributed by atoms with E-state index in [9.17, 15) is 14.3 Å². The third kappa shape index (κ3) is 20.6. The molecule has 0 fully saturated rings. The molecule has 0 aliphatic rings. The zero-order valence-corrected chi connectivity index (χ0v) is 26.0. The van der Waals surface area contributed by atoms with Gasteiger partial charge in [0.1, 0.15) is 12.2 Å². The quantitative estimate of drug-likeness (QED) is 0.0853. The van der Waals surface area contributed by atoms with Gasteiger partial charge in [0, 0.05) is 19.9 Å². The number of hydrogen-bond acceptors (Lipinski definition) is 8. The molecule has 40 heavy (non-hydrogen) atoms. The Kier molecular flexibility index (Phi) is 22.3. The molecule has 0 spiro atoms. The highest BCUT2D eigenvalue weighted by Gasteiger charge is 2.23. The number of aromatic nitrogens is 2. The van der Waals surface area contributed by atoms with E-state index in [1.165, 1.54) is 114 Å². The van der Waals surface area contributed by atoms with Crippen molar-refractivity contribution in [2.75, 3.05) is 45.6 Å². The van der Waals surface area contributed by atoms with Crippen LogP contribution in [0, 0.1) is 0 Å². The summed E-state index contributed by atoms with van der Waals surface area (Å²) in [5, 5.41) is 0. The Morgan fingerprint density at radius 2 is 1.45 bits per heavy atom. The van der Waals surface area contributed by atoms with Crippen LogP contribution in [0.1, 0.15) is 110 Å². The highest BCUT2D eigenvalue weighted by molar-refractivity contribution is 7.52. The number of nitrogen functional groups attached to an aromatic ring is 1. The van der Waals surface area contributed by atoms with Gasteiger partial charge < -0.3 is 29.4 Å². The van der Waals surface area contributed by atoms with E-state index >= 15 is 0 Å². The molecule has 0 saturated heterocycles. The minimum absolute atomic E-state index is 0.00623. The van der Waals surface area contributed by atoms with Crippen LogP contribution in [0.4, 0.5) is 5.82 Å². The van der Waals surface area contributed by atoms with Crippen molar-refractivity contribution in [1.29, 1.82) is 0 Å². The Labute approximate surface area is 241 Å². The lowest BCUT2D eigenvalue weighted by Gasteiger charge is -2.20. The van der Waals surface area contributed by atoms with Gasteiger partial charge in [-0.05, 0) is 12.5 Å². The maximum atomic E-state index is 12.3. The number of rotatable bonds is 28. The summed E-state index contributed by atoms with van der Waals surface area (Å²) >= 11 is 0.